The number of carbonyl (C=O) groups is 1. The Balaban J connectivity index is 1.81. The van der Waals surface area contributed by atoms with Gasteiger partial charge in [-0.05, 0) is 18.8 Å². The van der Waals surface area contributed by atoms with Gasteiger partial charge in [-0.2, -0.15) is 0 Å². The molecule has 5 heteroatoms. The maximum absolute atomic E-state index is 11.5. The molecule has 74 valence electrons. The zero-order valence-corrected chi connectivity index (χ0v) is 8.46. The van der Waals surface area contributed by atoms with Crippen LogP contribution < -0.4 is 5.32 Å². The fourth-order valence-corrected chi connectivity index (χ4v) is 1.95. The lowest BCUT2D eigenvalue weighted by Gasteiger charge is -2.05. The van der Waals surface area contributed by atoms with Crippen LogP contribution in [-0.2, 0) is 4.79 Å². The third-order valence-corrected chi connectivity index (χ3v) is 2.76. The minimum atomic E-state index is 0.0487. The quantitative estimate of drug-likeness (QED) is 0.773. The SMILES string of the molecule is O=C(C[C@H]1C=CCC1)Nc1cnns1. The predicted molar refractivity (Wildman–Crippen MR) is 55.0 cm³/mol. The van der Waals surface area contributed by atoms with Crippen LogP contribution in [0, 0.1) is 5.92 Å². The molecule has 0 aromatic carbocycles. The molecular weight excluding hydrogens is 198 g/mol. The fraction of sp³-hybridized carbons (Fsp3) is 0.444. The van der Waals surface area contributed by atoms with Crippen LogP contribution in [0.4, 0.5) is 5.00 Å². The van der Waals surface area contributed by atoms with Crippen LogP contribution >= 0.6 is 11.5 Å². The van der Waals surface area contributed by atoms with Gasteiger partial charge in [-0.15, -0.1) is 5.10 Å². The minimum Gasteiger partial charge on any atom is -0.315 e. The van der Waals surface area contributed by atoms with Crippen molar-refractivity contribution in [1.82, 2.24) is 9.59 Å². The first-order valence-electron chi connectivity index (χ1n) is 4.58. The Morgan fingerprint density at radius 2 is 2.64 bits per heavy atom. The van der Waals surface area contributed by atoms with Gasteiger partial charge in [-0.25, -0.2) is 0 Å². The van der Waals surface area contributed by atoms with E-state index < -0.39 is 0 Å². The Morgan fingerprint density at radius 3 is 3.29 bits per heavy atom. The van der Waals surface area contributed by atoms with E-state index in [0.717, 1.165) is 17.8 Å². The lowest BCUT2D eigenvalue weighted by atomic mass is 10.1. The number of carbonyl (C=O) groups excluding carboxylic acids is 1. The van der Waals surface area contributed by atoms with Crippen LogP contribution in [0.2, 0.25) is 0 Å². The van der Waals surface area contributed by atoms with Gasteiger partial charge in [-0.3, -0.25) is 4.79 Å². The van der Waals surface area contributed by atoms with E-state index in [9.17, 15) is 4.79 Å². The van der Waals surface area contributed by atoms with Crippen molar-refractivity contribution in [3.8, 4) is 0 Å². The molecule has 1 heterocycles. The van der Waals surface area contributed by atoms with Gasteiger partial charge in [0.2, 0.25) is 5.91 Å². The van der Waals surface area contributed by atoms with E-state index in [1.807, 2.05) is 0 Å². The van der Waals surface area contributed by atoms with Gasteiger partial charge in [0, 0.05) is 18.0 Å². The Hall–Kier alpha value is -1.23. The number of nitrogens with zero attached hydrogens (tertiary/aromatic N) is 2. The molecule has 1 aliphatic rings. The number of amides is 1. The molecule has 0 unspecified atom stereocenters. The summed E-state index contributed by atoms with van der Waals surface area (Å²) in [6, 6.07) is 0. The Labute approximate surface area is 86.2 Å². The number of anilines is 1. The van der Waals surface area contributed by atoms with E-state index in [-0.39, 0.29) is 5.91 Å². The van der Waals surface area contributed by atoms with Crippen molar-refractivity contribution in [3.05, 3.63) is 18.3 Å². The first-order valence-corrected chi connectivity index (χ1v) is 5.36. The smallest absolute Gasteiger partial charge is 0.225 e. The molecule has 0 radical (unpaired) electrons. The third-order valence-electron chi connectivity index (χ3n) is 2.18. The summed E-state index contributed by atoms with van der Waals surface area (Å²) in [5, 5.41) is 7.14. The molecule has 4 nitrogen and oxygen atoms in total. The van der Waals surface area contributed by atoms with E-state index >= 15 is 0 Å². The molecule has 1 N–H and O–H groups in total. The van der Waals surface area contributed by atoms with Gasteiger partial charge in [0.1, 0.15) is 5.00 Å². The summed E-state index contributed by atoms with van der Waals surface area (Å²) in [5.74, 6) is 0.462. The molecule has 1 aromatic rings. The van der Waals surface area contributed by atoms with Crippen molar-refractivity contribution in [1.29, 1.82) is 0 Å². The lowest BCUT2D eigenvalue weighted by molar-refractivity contribution is -0.116. The summed E-state index contributed by atoms with van der Waals surface area (Å²) >= 11 is 1.20. The highest BCUT2D eigenvalue weighted by molar-refractivity contribution is 7.10. The third kappa shape index (κ3) is 2.38. The van der Waals surface area contributed by atoms with Gasteiger partial charge in [0.15, 0.2) is 0 Å². The van der Waals surface area contributed by atoms with Crippen LogP contribution in [0.5, 0.6) is 0 Å². The van der Waals surface area contributed by atoms with Crippen molar-refractivity contribution >= 4 is 22.4 Å². The molecule has 0 fully saturated rings. The monoisotopic (exact) mass is 209 g/mol. The minimum absolute atomic E-state index is 0.0487. The number of nitrogens with one attached hydrogen (secondary N) is 1. The molecular formula is C9H11N3OS. The predicted octanol–water partition coefficient (Wildman–Crippen LogP) is 1.83. The second kappa shape index (κ2) is 4.32. The summed E-state index contributed by atoms with van der Waals surface area (Å²) in [7, 11) is 0. The van der Waals surface area contributed by atoms with E-state index in [4.69, 9.17) is 0 Å². The molecule has 1 amide bonds. The van der Waals surface area contributed by atoms with Gasteiger partial charge in [-0.1, -0.05) is 16.6 Å². The zero-order valence-electron chi connectivity index (χ0n) is 7.64. The number of hydrogen-bond acceptors (Lipinski definition) is 4. The van der Waals surface area contributed by atoms with E-state index in [2.05, 4.69) is 27.1 Å². The Bertz CT molecular complexity index is 334. The fourth-order valence-electron chi connectivity index (χ4n) is 1.51. The van der Waals surface area contributed by atoms with Crippen LogP contribution in [-0.4, -0.2) is 15.5 Å². The molecule has 0 spiro atoms. The normalized spacial score (nSPS) is 19.9. The number of rotatable bonds is 3. The number of hydrogen-bond donors (Lipinski definition) is 1. The van der Waals surface area contributed by atoms with Crippen LogP contribution in [0.3, 0.4) is 0 Å². The lowest BCUT2D eigenvalue weighted by Crippen LogP contribution is -2.13. The molecule has 1 atom stereocenters. The van der Waals surface area contributed by atoms with Gasteiger partial charge < -0.3 is 5.32 Å². The Kier molecular flexibility index (Phi) is 2.88. The summed E-state index contributed by atoms with van der Waals surface area (Å²) in [4.78, 5) is 11.5. The second-order valence-electron chi connectivity index (χ2n) is 3.30. The summed E-state index contributed by atoms with van der Waals surface area (Å²) < 4.78 is 3.67. The number of aromatic nitrogens is 2. The highest BCUT2D eigenvalue weighted by Crippen LogP contribution is 2.21. The molecule has 0 saturated heterocycles. The van der Waals surface area contributed by atoms with Gasteiger partial charge in [0.25, 0.3) is 0 Å². The van der Waals surface area contributed by atoms with E-state index in [0.29, 0.717) is 12.3 Å². The summed E-state index contributed by atoms with van der Waals surface area (Å²) in [6.45, 7) is 0. The van der Waals surface area contributed by atoms with Crippen molar-refractivity contribution in [2.24, 2.45) is 5.92 Å². The number of allylic oxidation sites excluding steroid dienone is 2. The maximum Gasteiger partial charge on any atom is 0.225 e. The molecule has 2 rings (SSSR count). The first-order chi connectivity index (χ1) is 6.84. The average molecular weight is 209 g/mol. The van der Waals surface area contributed by atoms with Gasteiger partial charge in [0.05, 0.1) is 6.20 Å². The second-order valence-corrected chi connectivity index (χ2v) is 4.09. The summed E-state index contributed by atoms with van der Waals surface area (Å²) in [6.07, 6.45) is 8.56. The zero-order chi connectivity index (χ0) is 9.80. The maximum atomic E-state index is 11.5. The first kappa shape index (κ1) is 9.33. The molecule has 1 aromatic heterocycles. The molecule has 14 heavy (non-hydrogen) atoms. The van der Waals surface area contributed by atoms with Crippen LogP contribution in [0.1, 0.15) is 19.3 Å². The summed E-state index contributed by atoms with van der Waals surface area (Å²) in [5.41, 5.74) is 0. The van der Waals surface area contributed by atoms with Crippen molar-refractivity contribution in [2.45, 2.75) is 19.3 Å². The van der Waals surface area contributed by atoms with E-state index in [1.165, 1.54) is 11.5 Å². The van der Waals surface area contributed by atoms with E-state index in [1.54, 1.807) is 6.20 Å². The average Bonchev–Trinajstić information content (AvgIpc) is 2.76. The van der Waals surface area contributed by atoms with Crippen LogP contribution in [0.15, 0.2) is 18.3 Å². The Morgan fingerprint density at radius 1 is 1.71 bits per heavy atom. The van der Waals surface area contributed by atoms with Crippen LogP contribution in [0.25, 0.3) is 0 Å². The topological polar surface area (TPSA) is 54.9 Å². The highest BCUT2D eigenvalue weighted by Gasteiger charge is 2.14. The van der Waals surface area contributed by atoms with Crippen molar-refractivity contribution in [3.63, 3.8) is 0 Å². The van der Waals surface area contributed by atoms with Gasteiger partial charge >= 0.3 is 0 Å². The molecule has 0 saturated carbocycles. The molecule has 0 aliphatic heterocycles. The highest BCUT2D eigenvalue weighted by atomic mass is 32.1. The van der Waals surface area contributed by atoms with Crippen molar-refractivity contribution < 1.29 is 4.79 Å². The standard InChI is InChI=1S/C9H11N3OS/c13-8(5-7-3-1-2-4-7)11-9-6-10-12-14-9/h1,3,6-7H,2,4-5H2,(H,11,13)/t7-/m0/s1. The largest absolute Gasteiger partial charge is 0.315 e. The molecule has 1 aliphatic carbocycles. The van der Waals surface area contributed by atoms with Crippen molar-refractivity contribution in [2.75, 3.05) is 5.32 Å². The molecule has 0 bridgehead atoms.